The van der Waals surface area contributed by atoms with E-state index < -0.39 is 11.9 Å². The van der Waals surface area contributed by atoms with Gasteiger partial charge in [0, 0.05) is 5.56 Å². The molecule has 7 heteroatoms. The van der Waals surface area contributed by atoms with Crippen molar-refractivity contribution < 1.29 is 19.1 Å². The fraction of sp³-hybridized carbons (Fsp3) is 0.500. The molecule has 19 heavy (non-hydrogen) atoms. The van der Waals surface area contributed by atoms with E-state index in [4.69, 9.17) is 21.1 Å². The van der Waals surface area contributed by atoms with E-state index in [0.29, 0.717) is 5.82 Å². The smallest absolute Gasteiger partial charge is 0.357 e. The largest absolute Gasteiger partial charge is 0.466 e. The van der Waals surface area contributed by atoms with Crippen LogP contribution in [0.25, 0.3) is 0 Å². The van der Waals surface area contributed by atoms with Crippen LogP contribution >= 0.6 is 11.6 Å². The lowest BCUT2D eigenvalue weighted by atomic mass is 10.1. The molecule has 0 aromatic carbocycles. The number of nitrogens with zero attached hydrogens (tertiary/aromatic N) is 2. The normalized spacial score (nSPS) is 10.1. The Morgan fingerprint density at radius 1 is 1.16 bits per heavy atom. The number of carbonyl (C=O) groups excluding carboxylic acids is 2. The summed E-state index contributed by atoms with van der Waals surface area (Å²) in [6, 6.07) is 0. The van der Waals surface area contributed by atoms with Crippen LogP contribution < -0.4 is 0 Å². The molecule has 0 unspecified atom stereocenters. The first-order valence-corrected chi connectivity index (χ1v) is 6.23. The number of carbonyl (C=O) groups is 2. The van der Waals surface area contributed by atoms with E-state index in [2.05, 4.69) is 9.97 Å². The maximum absolute atomic E-state index is 11.8. The molecule has 0 amide bonds. The maximum atomic E-state index is 11.8. The Balaban J connectivity index is 3.13. The topological polar surface area (TPSA) is 78.4 Å². The van der Waals surface area contributed by atoms with Crippen LogP contribution in [0.3, 0.4) is 0 Å². The molecule has 104 valence electrons. The van der Waals surface area contributed by atoms with Crippen molar-refractivity contribution in [3.05, 3.63) is 22.2 Å². The molecule has 0 spiro atoms. The molecule has 0 saturated heterocycles. The van der Waals surface area contributed by atoms with Crippen molar-refractivity contribution in [1.82, 2.24) is 9.97 Å². The number of aromatic nitrogens is 2. The van der Waals surface area contributed by atoms with Gasteiger partial charge in [0.1, 0.15) is 11.0 Å². The van der Waals surface area contributed by atoms with Crippen molar-refractivity contribution in [2.45, 2.75) is 27.2 Å². The van der Waals surface area contributed by atoms with Crippen molar-refractivity contribution in [2.24, 2.45) is 0 Å². The van der Waals surface area contributed by atoms with Gasteiger partial charge in [0.15, 0.2) is 5.69 Å². The minimum atomic E-state index is -0.630. The number of aryl methyl sites for hydroxylation is 1. The molecule has 0 aliphatic heterocycles. The summed E-state index contributed by atoms with van der Waals surface area (Å²) in [5.74, 6) is -0.794. The molecule has 0 fully saturated rings. The zero-order valence-corrected chi connectivity index (χ0v) is 11.8. The van der Waals surface area contributed by atoms with Gasteiger partial charge in [-0.05, 0) is 20.8 Å². The SMILES string of the molecule is CCOC(=O)Cc1c(Cl)nc(C)nc1C(=O)OCC. The molecule has 6 nitrogen and oxygen atoms in total. The van der Waals surface area contributed by atoms with Gasteiger partial charge < -0.3 is 9.47 Å². The lowest BCUT2D eigenvalue weighted by Crippen LogP contribution is -2.17. The lowest BCUT2D eigenvalue weighted by Gasteiger charge is -2.09. The molecule has 0 saturated carbocycles. The third kappa shape index (κ3) is 4.17. The van der Waals surface area contributed by atoms with Crippen LogP contribution in [0.5, 0.6) is 0 Å². The molecule has 1 aromatic rings. The van der Waals surface area contributed by atoms with Crippen molar-refractivity contribution in [3.63, 3.8) is 0 Å². The van der Waals surface area contributed by atoms with Gasteiger partial charge in [-0.2, -0.15) is 0 Å². The average molecular weight is 287 g/mol. The first kappa shape index (κ1) is 15.4. The maximum Gasteiger partial charge on any atom is 0.357 e. The van der Waals surface area contributed by atoms with Crippen LogP contribution in [0, 0.1) is 6.92 Å². The Kier molecular flexibility index (Phi) is 5.69. The predicted octanol–water partition coefficient (Wildman–Crippen LogP) is 1.72. The highest BCUT2D eigenvalue weighted by atomic mass is 35.5. The quantitative estimate of drug-likeness (QED) is 0.606. The zero-order chi connectivity index (χ0) is 14.4. The first-order valence-electron chi connectivity index (χ1n) is 5.85. The average Bonchev–Trinajstić information content (AvgIpc) is 2.33. The highest BCUT2D eigenvalue weighted by Crippen LogP contribution is 2.19. The number of hydrogen-bond acceptors (Lipinski definition) is 6. The molecule has 1 heterocycles. The summed E-state index contributed by atoms with van der Waals surface area (Å²) in [5.41, 5.74) is 0.233. The van der Waals surface area contributed by atoms with E-state index in [1.54, 1.807) is 20.8 Å². The van der Waals surface area contributed by atoms with Gasteiger partial charge in [-0.3, -0.25) is 4.79 Å². The molecular weight excluding hydrogens is 272 g/mol. The van der Waals surface area contributed by atoms with Gasteiger partial charge in [-0.1, -0.05) is 11.6 Å². The number of hydrogen-bond donors (Lipinski definition) is 0. The molecule has 0 N–H and O–H groups in total. The molecule has 0 aliphatic carbocycles. The van der Waals surface area contributed by atoms with E-state index in [1.165, 1.54) is 0 Å². The Bertz CT molecular complexity index is 491. The Hall–Kier alpha value is -1.69. The summed E-state index contributed by atoms with van der Waals surface area (Å²) < 4.78 is 9.70. The van der Waals surface area contributed by atoms with E-state index in [-0.39, 0.29) is 36.0 Å². The highest BCUT2D eigenvalue weighted by molar-refractivity contribution is 6.30. The molecule has 1 rings (SSSR count). The van der Waals surface area contributed by atoms with Crippen LogP contribution in [0.2, 0.25) is 5.15 Å². The molecule has 0 bridgehead atoms. The Morgan fingerprint density at radius 3 is 2.37 bits per heavy atom. The summed E-state index contributed by atoms with van der Waals surface area (Å²) in [7, 11) is 0. The fourth-order valence-corrected chi connectivity index (χ4v) is 1.72. The van der Waals surface area contributed by atoms with Crippen molar-refractivity contribution >= 4 is 23.5 Å². The van der Waals surface area contributed by atoms with Crippen LogP contribution in [-0.4, -0.2) is 35.1 Å². The van der Waals surface area contributed by atoms with Crippen LogP contribution in [0.1, 0.15) is 35.7 Å². The zero-order valence-electron chi connectivity index (χ0n) is 11.0. The molecule has 0 radical (unpaired) electrons. The summed E-state index contributed by atoms with van der Waals surface area (Å²) in [4.78, 5) is 31.2. The monoisotopic (exact) mass is 286 g/mol. The molecule has 1 aromatic heterocycles. The summed E-state index contributed by atoms with van der Waals surface area (Å²) >= 11 is 5.96. The van der Waals surface area contributed by atoms with Crippen LogP contribution in [0.15, 0.2) is 0 Å². The standard InChI is InChI=1S/C12H15ClN2O4/c1-4-18-9(16)6-8-10(12(17)19-5-2)14-7(3)15-11(8)13/h4-6H2,1-3H3. The lowest BCUT2D eigenvalue weighted by molar-refractivity contribution is -0.142. The number of halogens is 1. The minimum absolute atomic E-state index is 0.00685. The van der Waals surface area contributed by atoms with Gasteiger partial charge in [-0.15, -0.1) is 0 Å². The third-order valence-electron chi connectivity index (χ3n) is 2.16. The first-order chi connectivity index (χ1) is 8.99. The van der Waals surface area contributed by atoms with Crippen LogP contribution in [-0.2, 0) is 20.7 Å². The Labute approximate surface area is 116 Å². The van der Waals surface area contributed by atoms with Gasteiger partial charge >= 0.3 is 11.9 Å². The van der Waals surface area contributed by atoms with E-state index in [0.717, 1.165) is 0 Å². The Morgan fingerprint density at radius 2 is 1.79 bits per heavy atom. The van der Waals surface area contributed by atoms with Crippen molar-refractivity contribution in [1.29, 1.82) is 0 Å². The second-order valence-electron chi connectivity index (χ2n) is 3.59. The summed E-state index contributed by atoms with van der Waals surface area (Å²) in [6.45, 7) is 5.43. The van der Waals surface area contributed by atoms with E-state index in [9.17, 15) is 9.59 Å². The number of ether oxygens (including phenoxy) is 2. The molecule has 0 atom stereocenters. The van der Waals surface area contributed by atoms with Gasteiger partial charge in [-0.25, -0.2) is 14.8 Å². The van der Waals surface area contributed by atoms with E-state index >= 15 is 0 Å². The molecular formula is C12H15ClN2O4. The molecule has 0 aliphatic rings. The van der Waals surface area contributed by atoms with Crippen molar-refractivity contribution in [3.8, 4) is 0 Å². The second kappa shape index (κ2) is 7.04. The second-order valence-corrected chi connectivity index (χ2v) is 3.95. The van der Waals surface area contributed by atoms with Crippen LogP contribution in [0.4, 0.5) is 0 Å². The summed E-state index contributed by atoms with van der Waals surface area (Å²) in [6.07, 6.45) is -0.166. The minimum Gasteiger partial charge on any atom is -0.466 e. The van der Waals surface area contributed by atoms with Crippen molar-refractivity contribution in [2.75, 3.05) is 13.2 Å². The van der Waals surface area contributed by atoms with Gasteiger partial charge in [0.2, 0.25) is 0 Å². The third-order valence-corrected chi connectivity index (χ3v) is 2.48. The predicted molar refractivity (Wildman–Crippen MR) is 68.1 cm³/mol. The number of rotatable bonds is 5. The number of esters is 2. The highest BCUT2D eigenvalue weighted by Gasteiger charge is 2.22. The van der Waals surface area contributed by atoms with Gasteiger partial charge in [0.25, 0.3) is 0 Å². The van der Waals surface area contributed by atoms with Gasteiger partial charge in [0.05, 0.1) is 19.6 Å². The fourth-order valence-electron chi connectivity index (χ4n) is 1.44. The van der Waals surface area contributed by atoms with E-state index in [1.807, 2.05) is 0 Å². The summed E-state index contributed by atoms with van der Waals surface area (Å²) in [5, 5.41) is 0.0589.